The van der Waals surface area contributed by atoms with Crippen LogP contribution in [-0.2, 0) is 7.05 Å². The molecule has 2 aromatic carbocycles. The molecule has 0 bridgehead atoms. The smallest absolute Gasteiger partial charge is 0.162 e. The highest BCUT2D eigenvalue weighted by Crippen LogP contribution is 2.27. The lowest BCUT2D eigenvalue weighted by atomic mass is 10.1. The molecule has 0 saturated heterocycles. The van der Waals surface area contributed by atoms with Crippen LogP contribution in [0.1, 0.15) is 0 Å². The molecular formula is C17H13FN4. The molecule has 4 aromatic rings. The van der Waals surface area contributed by atoms with Crippen LogP contribution in [0.2, 0.25) is 0 Å². The first-order valence-corrected chi connectivity index (χ1v) is 6.94. The van der Waals surface area contributed by atoms with Crippen LogP contribution in [-0.4, -0.2) is 19.3 Å². The predicted molar refractivity (Wildman–Crippen MR) is 83.2 cm³/mol. The van der Waals surface area contributed by atoms with Gasteiger partial charge in [0.25, 0.3) is 0 Å². The number of para-hydroxylation sites is 1. The van der Waals surface area contributed by atoms with E-state index in [1.54, 1.807) is 18.5 Å². The molecule has 0 radical (unpaired) electrons. The normalized spacial score (nSPS) is 11.2. The summed E-state index contributed by atoms with van der Waals surface area (Å²) in [5, 5.41) is 5.55. The van der Waals surface area contributed by atoms with Gasteiger partial charge in [-0.3, -0.25) is 0 Å². The van der Waals surface area contributed by atoms with E-state index in [4.69, 9.17) is 0 Å². The van der Waals surface area contributed by atoms with E-state index in [0.717, 1.165) is 28.0 Å². The number of imidazole rings is 1. The molecule has 4 rings (SSSR count). The van der Waals surface area contributed by atoms with Crippen molar-refractivity contribution in [2.24, 2.45) is 7.05 Å². The van der Waals surface area contributed by atoms with Crippen LogP contribution < -0.4 is 0 Å². The molecule has 0 aliphatic carbocycles. The monoisotopic (exact) mass is 292 g/mol. The fourth-order valence-corrected chi connectivity index (χ4v) is 2.63. The average molecular weight is 292 g/mol. The highest BCUT2D eigenvalue weighted by Gasteiger charge is 2.16. The van der Waals surface area contributed by atoms with Crippen LogP contribution in [0.3, 0.4) is 0 Å². The summed E-state index contributed by atoms with van der Waals surface area (Å²) < 4.78 is 16.9. The topological polar surface area (TPSA) is 35.6 Å². The Bertz CT molecular complexity index is 950. The van der Waals surface area contributed by atoms with E-state index in [1.165, 1.54) is 12.1 Å². The molecule has 0 spiro atoms. The fraction of sp³-hybridized carbons (Fsp3) is 0.0588. The van der Waals surface area contributed by atoms with Crippen LogP contribution in [0.25, 0.3) is 28.0 Å². The fourth-order valence-electron chi connectivity index (χ4n) is 2.63. The number of hydrogen-bond donors (Lipinski definition) is 0. The second kappa shape index (κ2) is 4.80. The molecule has 0 amide bonds. The Labute approximate surface area is 126 Å². The quantitative estimate of drug-likeness (QED) is 0.566. The van der Waals surface area contributed by atoms with Gasteiger partial charge in [-0.15, -0.1) is 0 Å². The van der Waals surface area contributed by atoms with Crippen LogP contribution in [0.15, 0.2) is 61.1 Å². The first-order valence-electron chi connectivity index (χ1n) is 6.94. The Kier molecular flexibility index (Phi) is 2.79. The number of rotatable bonds is 2. The first kappa shape index (κ1) is 12.8. The Morgan fingerprint density at radius 2 is 1.77 bits per heavy atom. The molecule has 0 aliphatic heterocycles. The lowest BCUT2D eigenvalue weighted by Gasteiger charge is -2.08. The Balaban J connectivity index is 1.96. The standard InChI is InChI=1S/C17H13FN4/c1-21-11-19-16(12-6-8-14(18)9-7-12)17(21)22-15-5-3-2-4-13(15)10-20-22/h2-11H,1H3. The molecule has 0 unspecified atom stereocenters. The van der Waals surface area contributed by atoms with Crippen LogP contribution in [0.4, 0.5) is 4.39 Å². The molecule has 5 heteroatoms. The van der Waals surface area contributed by atoms with E-state index in [-0.39, 0.29) is 5.82 Å². The largest absolute Gasteiger partial charge is 0.318 e. The molecule has 108 valence electrons. The van der Waals surface area contributed by atoms with Gasteiger partial charge in [-0.2, -0.15) is 5.10 Å². The summed E-state index contributed by atoms with van der Waals surface area (Å²) in [6.45, 7) is 0. The Morgan fingerprint density at radius 3 is 2.59 bits per heavy atom. The maximum atomic E-state index is 13.1. The first-order chi connectivity index (χ1) is 10.7. The number of nitrogens with zero attached hydrogens (tertiary/aromatic N) is 4. The third-order valence-electron chi connectivity index (χ3n) is 3.70. The van der Waals surface area contributed by atoms with E-state index < -0.39 is 0 Å². The lowest BCUT2D eigenvalue weighted by Crippen LogP contribution is -2.04. The maximum absolute atomic E-state index is 13.1. The van der Waals surface area contributed by atoms with Crippen molar-refractivity contribution in [1.82, 2.24) is 19.3 Å². The van der Waals surface area contributed by atoms with Crippen LogP contribution in [0.5, 0.6) is 0 Å². The molecular weight excluding hydrogens is 279 g/mol. The minimum atomic E-state index is -0.259. The molecule has 2 heterocycles. The second-order valence-electron chi connectivity index (χ2n) is 5.15. The minimum absolute atomic E-state index is 0.259. The number of halogens is 1. The summed E-state index contributed by atoms with van der Waals surface area (Å²) in [4.78, 5) is 4.46. The zero-order valence-corrected chi connectivity index (χ0v) is 11.9. The second-order valence-corrected chi connectivity index (χ2v) is 5.15. The van der Waals surface area contributed by atoms with Gasteiger partial charge in [0.05, 0.1) is 18.0 Å². The molecule has 0 aliphatic rings. The third-order valence-corrected chi connectivity index (χ3v) is 3.70. The van der Waals surface area contributed by atoms with Gasteiger partial charge in [0.15, 0.2) is 5.82 Å². The zero-order valence-electron chi connectivity index (χ0n) is 11.9. The molecule has 0 saturated carbocycles. The number of benzene rings is 2. The Morgan fingerprint density at radius 1 is 1.00 bits per heavy atom. The van der Waals surface area contributed by atoms with Crippen LogP contribution >= 0.6 is 0 Å². The summed E-state index contributed by atoms with van der Waals surface area (Å²) in [6.07, 6.45) is 3.57. The van der Waals surface area contributed by atoms with Crippen LogP contribution in [0, 0.1) is 5.82 Å². The molecule has 22 heavy (non-hydrogen) atoms. The van der Waals surface area contributed by atoms with Gasteiger partial charge in [0.2, 0.25) is 0 Å². The maximum Gasteiger partial charge on any atom is 0.162 e. The van der Waals surface area contributed by atoms with E-state index >= 15 is 0 Å². The van der Waals surface area contributed by atoms with Gasteiger partial charge in [-0.25, -0.2) is 14.1 Å². The van der Waals surface area contributed by atoms with Gasteiger partial charge in [0, 0.05) is 18.0 Å². The van der Waals surface area contributed by atoms with Gasteiger partial charge < -0.3 is 4.57 Å². The summed E-state index contributed by atoms with van der Waals surface area (Å²) in [6, 6.07) is 14.3. The number of fused-ring (bicyclic) bond motifs is 1. The number of aromatic nitrogens is 4. The summed E-state index contributed by atoms with van der Waals surface area (Å²) >= 11 is 0. The molecule has 0 atom stereocenters. The number of aryl methyl sites for hydroxylation is 1. The van der Waals surface area contributed by atoms with Gasteiger partial charge in [-0.05, 0) is 30.3 Å². The van der Waals surface area contributed by atoms with Crippen molar-refractivity contribution in [3.8, 4) is 17.1 Å². The predicted octanol–water partition coefficient (Wildman–Crippen LogP) is 3.57. The summed E-state index contributed by atoms with van der Waals surface area (Å²) in [7, 11) is 1.92. The lowest BCUT2D eigenvalue weighted by molar-refractivity contribution is 0.628. The van der Waals surface area contributed by atoms with Crippen molar-refractivity contribution < 1.29 is 4.39 Å². The van der Waals surface area contributed by atoms with Gasteiger partial charge >= 0.3 is 0 Å². The Hall–Kier alpha value is -2.95. The van der Waals surface area contributed by atoms with E-state index in [9.17, 15) is 4.39 Å². The van der Waals surface area contributed by atoms with Crippen molar-refractivity contribution in [1.29, 1.82) is 0 Å². The minimum Gasteiger partial charge on any atom is -0.318 e. The van der Waals surface area contributed by atoms with Crippen molar-refractivity contribution >= 4 is 10.9 Å². The van der Waals surface area contributed by atoms with Crippen molar-refractivity contribution in [2.75, 3.05) is 0 Å². The zero-order chi connectivity index (χ0) is 15.1. The molecule has 0 N–H and O–H groups in total. The highest BCUT2D eigenvalue weighted by molar-refractivity contribution is 5.81. The van der Waals surface area contributed by atoms with Crippen molar-refractivity contribution in [2.45, 2.75) is 0 Å². The highest BCUT2D eigenvalue weighted by atomic mass is 19.1. The SMILES string of the molecule is Cn1cnc(-c2ccc(F)cc2)c1-n1ncc2ccccc21. The summed E-state index contributed by atoms with van der Waals surface area (Å²) in [5.41, 5.74) is 2.64. The van der Waals surface area contributed by atoms with Gasteiger partial charge in [-0.1, -0.05) is 18.2 Å². The van der Waals surface area contributed by atoms with Crippen molar-refractivity contribution in [3.63, 3.8) is 0 Å². The van der Waals surface area contributed by atoms with E-state index in [1.807, 2.05) is 46.8 Å². The van der Waals surface area contributed by atoms with E-state index in [0.29, 0.717) is 0 Å². The summed E-state index contributed by atoms with van der Waals surface area (Å²) in [5.74, 6) is 0.596. The molecule has 4 nitrogen and oxygen atoms in total. The number of hydrogen-bond acceptors (Lipinski definition) is 2. The molecule has 2 aromatic heterocycles. The average Bonchev–Trinajstić information content (AvgIpc) is 3.11. The van der Waals surface area contributed by atoms with Crippen molar-refractivity contribution in [3.05, 3.63) is 66.9 Å². The van der Waals surface area contributed by atoms with E-state index in [2.05, 4.69) is 10.1 Å². The molecule has 0 fully saturated rings. The third kappa shape index (κ3) is 1.90. The van der Waals surface area contributed by atoms with Gasteiger partial charge in [0.1, 0.15) is 11.5 Å².